The number of aliphatic imine (C=N–C) groups is 1. The molecule has 0 saturated carbocycles. The number of carbonyl (C=O) groups is 1. The molecule has 30 heavy (non-hydrogen) atoms. The van der Waals surface area contributed by atoms with Gasteiger partial charge in [-0.05, 0) is 48.4 Å². The Morgan fingerprint density at radius 2 is 1.97 bits per heavy atom. The molecule has 1 aliphatic rings. The summed E-state index contributed by atoms with van der Waals surface area (Å²) in [6, 6.07) is 18.9. The predicted octanol–water partition coefficient (Wildman–Crippen LogP) is 3.96. The Kier molecular flexibility index (Phi) is 6.39. The summed E-state index contributed by atoms with van der Waals surface area (Å²) in [5.74, 6) is 2.16. The van der Waals surface area contributed by atoms with E-state index in [1.54, 1.807) is 18.3 Å². The van der Waals surface area contributed by atoms with Crippen molar-refractivity contribution in [3.8, 4) is 11.5 Å². The van der Waals surface area contributed by atoms with Gasteiger partial charge in [0.05, 0.1) is 6.54 Å². The third-order valence-electron chi connectivity index (χ3n) is 4.57. The molecule has 6 nitrogen and oxygen atoms in total. The lowest BCUT2D eigenvalue weighted by atomic mass is 10.1. The van der Waals surface area contributed by atoms with E-state index in [-0.39, 0.29) is 5.91 Å². The Balaban J connectivity index is 1.35. The van der Waals surface area contributed by atoms with E-state index in [1.165, 1.54) is 0 Å². The molecule has 152 valence electrons. The van der Waals surface area contributed by atoms with Crippen molar-refractivity contribution < 1.29 is 9.53 Å². The Morgan fingerprint density at radius 1 is 1.10 bits per heavy atom. The molecule has 2 N–H and O–H groups in total. The zero-order valence-electron chi connectivity index (χ0n) is 16.3. The van der Waals surface area contributed by atoms with E-state index in [1.807, 2.05) is 48.5 Å². The van der Waals surface area contributed by atoms with Gasteiger partial charge in [0.25, 0.3) is 5.91 Å². The first kappa shape index (κ1) is 20.1. The molecule has 0 bridgehead atoms. The molecule has 0 aliphatic carbocycles. The van der Waals surface area contributed by atoms with Gasteiger partial charge in [-0.1, -0.05) is 34.1 Å². The van der Waals surface area contributed by atoms with Gasteiger partial charge in [0.15, 0.2) is 0 Å². The highest BCUT2D eigenvalue weighted by Crippen LogP contribution is 2.23. The number of halogens is 1. The molecule has 1 aliphatic heterocycles. The standard InChI is InChI=1S/C23H21BrN4O2/c24-18-5-2-4-17(14-18)23(29)28-9-7-16-3-1-6-19(13-16)30-20-8-10-25-21(15-20)22-26-11-12-27-22/h1-6,8,10,13-15H,7,9,11-12H2,(H,26,27)(H,28,29). The van der Waals surface area contributed by atoms with Crippen LogP contribution in [0.25, 0.3) is 0 Å². The molecule has 2 aromatic carbocycles. The van der Waals surface area contributed by atoms with Gasteiger partial charge in [0, 0.05) is 35.4 Å². The first-order valence-corrected chi connectivity index (χ1v) is 10.5. The van der Waals surface area contributed by atoms with E-state index in [4.69, 9.17) is 4.74 Å². The minimum absolute atomic E-state index is 0.0866. The first-order valence-electron chi connectivity index (χ1n) is 9.73. The number of ether oxygens (including phenoxy) is 1. The van der Waals surface area contributed by atoms with E-state index in [2.05, 4.69) is 36.5 Å². The van der Waals surface area contributed by atoms with Crippen molar-refractivity contribution in [3.05, 3.63) is 88.2 Å². The highest BCUT2D eigenvalue weighted by atomic mass is 79.9. The molecule has 1 aromatic heterocycles. The summed E-state index contributed by atoms with van der Waals surface area (Å²) in [6.07, 6.45) is 2.42. The molecule has 1 amide bonds. The maximum atomic E-state index is 12.3. The van der Waals surface area contributed by atoms with E-state index >= 15 is 0 Å². The van der Waals surface area contributed by atoms with Crippen LogP contribution in [0, 0.1) is 0 Å². The molecule has 0 unspecified atom stereocenters. The van der Waals surface area contributed by atoms with E-state index in [9.17, 15) is 4.79 Å². The van der Waals surface area contributed by atoms with Gasteiger partial charge in [0.1, 0.15) is 23.0 Å². The Morgan fingerprint density at radius 3 is 2.80 bits per heavy atom. The van der Waals surface area contributed by atoms with Crippen molar-refractivity contribution >= 4 is 27.7 Å². The van der Waals surface area contributed by atoms with Crippen LogP contribution in [-0.4, -0.2) is 36.4 Å². The average Bonchev–Trinajstić information content (AvgIpc) is 3.29. The maximum absolute atomic E-state index is 12.3. The molecule has 7 heteroatoms. The molecular weight excluding hydrogens is 444 g/mol. The van der Waals surface area contributed by atoms with Crippen LogP contribution >= 0.6 is 15.9 Å². The lowest BCUT2D eigenvalue weighted by Crippen LogP contribution is -2.25. The third kappa shape index (κ3) is 5.24. The number of aromatic nitrogens is 1. The van der Waals surface area contributed by atoms with E-state index in [0.717, 1.165) is 40.4 Å². The van der Waals surface area contributed by atoms with Gasteiger partial charge in [-0.15, -0.1) is 0 Å². The van der Waals surface area contributed by atoms with E-state index in [0.29, 0.717) is 24.3 Å². The first-order chi connectivity index (χ1) is 14.7. The summed E-state index contributed by atoms with van der Waals surface area (Å²) in [7, 11) is 0. The van der Waals surface area contributed by atoms with Crippen molar-refractivity contribution in [2.75, 3.05) is 19.6 Å². The minimum atomic E-state index is -0.0866. The Hall–Kier alpha value is -3.19. The van der Waals surface area contributed by atoms with E-state index < -0.39 is 0 Å². The van der Waals surface area contributed by atoms with Crippen LogP contribution < -0.4 is 15.4 Å². The van der Waals surface area contributed by atoms with Crippen molar-refractivity contribution in [2.24, 2.45) is 4.99 Å². The molecule has 3 aromatic rings. The van der Waals surface area contributed by atoms with Crippen LogP contribution in [0.2, 0.25) is 0 Å². The topological polar surface area (TPSA) is 75.6 Å². The quantitative estimate of drug-likeness (QED) is 0.554. The maximum Gasteiger partial charge on any atom is 0.251 e. The normalized spacial score (nSPS) is 12.8. The van der Waals surface area contributed by atoms with Crippen LogP contribution in [0.5, 0.6) is 11.5 Å². The fourth-order valence-electron chi connectivity index (χ4n) is 3.13. The SMILES string of the molecule is O=C(NCCc1cccc(Oc2ccnc(C3=NCCN3)c2)c1)c1cccc(Br)c1. The molecule has 0 saturated heterocycles. The van der Waals surface area contributed by atoms with Crippen LogP contribution in [-0.2, 0) is 6.42 Å². The average molecular weight is 465 g/mol. The van der Waals surface area contributed by atoms with Gasteiger partial charge in [-0.2, -0.15) is 0 Å². The second kappa shape index (κ2) is 9.54. The zero-order valence-corrected chi connectivity index (χ0v) is 17.9. The molecular formula is C23H21BrN4O2. The lowest BCUT2D eigenvalue weighted by molar-refractivity contribution is 0.0954. The van der Waals surface area contributed by atoms with Gasteiger partial charge >= 0.3 is 0 Å². The number of rotatable bonds is 7. The number of benzene rings is 2. The largest absolute Gasteiger partial charge is 0.457 e. The van der Waals surface area contributed by atoms with Gasteiger partial charge in [-0.3, -0.25) is 14.8 Å². The molecule has 2 heterocycles. The summed E-state index contributed by atoms with van der Waals surface area (Å²) in [5, 5.41) is 6.17. The summed E-state index contributed by atoms with van der Waals surface area (Å²) >= 11 is 3.39. The Bertz CT molecular complexity index is 1080. The molecule has 0 radical (unpaired) electrons. The van der Waals surface area contributed by atoms with Crippen LogP contribution in [0.15, 0.2) is 76.3 Å². The fraction of sp³-hybridized carbons (Fsp3) is 0.174. The van der Waals surface area contributed by atoms with Gasteiger partial charge < -0.3 is 15.4 Å². The molecule has 0 atom stereocenters. The fourth-order valence-corrected chi connectivity index (χ4v) is 3.53. The number of amides is 1. The van der Waals surface area contributed by atoms with Gasteiger partial charge in [0.2, 0.25) is 0 Å². The second-order valence-corrected chi connectivity index (χ2v) is 7.72. The number of hydrogen-bond donors (Lipinski definition) is 2. The number of nitrogens with zero attached hydrogens (tertiary/aromatic N) is 2. The van der Waals surface area contributed by atoms with Crippen molar-refractivity contribution in [1.29, 1.82) is 0 Å². The summed E-state index contributed by atoms with van der Waals surface area (Å²) < 4.78 is 6.90. The summed E-state index contributed by atoms with van der Waals surface area (Å²) in [4.78, 5) is 21.0. The molecule has 0 fully saturated rings. The second-order valence-electron chi connectivity index (χ2n) is 6.80. The number of pyridine rings is 1. The number of hydrogen-bond acceptors (Lipinski definition) is 5. The van der Waals surface area contributed by atoms with Crippen molar-refractivity contribution in [3.63, 3.8) is 0 Å². The van der Waals surface area contributed by atoms with Crippen LogP contribution in [0.3, 0.4) is 0 Å². The van der Waals surface area contributed by atoms with Crippen molar-refractivity contribution in [2.45, 2.75) is 6.42 Å². The molecule has 0 spiro atoms. The Labute approximate surface area is 183 Å². The van der Waals surface area contributed by atoms with Crippen LogP contribution in [0.1, 0.15) is 21.6 Å². The third-order valence-corrected chi connectivity index (χ3v) is 5.06. The smallest absolute Gasteiger partial charge is 0.251 e. The zero-order chi connectivity index (χ0) is 20.8. The highest BCUT2D eigenvalue weighted by molar-refractivity contribution is 9.10. The molecule has 4 rings (SSSR count). The van der Waals surface area contributed by atoms with Gasteiger partial charge in [-0.25, -0.2) is 0 Å². The highest BCUT2D eigenvalue weighted by Gasteiger charge is 2.11. The number of carbonyl (C=O) groups excluding carboxylic acids is 1. The minimum Gasteiger partial charge on any atom is -0.457 e. The van der Waals surface area contributed by atoms with Crippen LogP contribution in [0.4, 0.5) is 0 Å². The number of nitrogens with one attached hydrogen (secondary N) is 2. The monoisotopic (exact) mass is 464 g/mol. The lowest BCUT2D eigenvalue weighted by Gasteiger charge is -2.10. The summed E-state index contributed by atoms with van der Waals surface area (Å²) in [5.41, 5.74) is 2.49. The predicted molar refractivity (Wildman–Crippen MR) is 120 cm³/mol. The van der Waals surface area contributed by atoms with Crippen molar-refractivity contribution in [1.82, 2.24) is 15.6 Å². The summed E-state index contributed by atoms with van der Waals surface area (Å²) in [6.45, 7) is 2.14. The number of amidine groups is 1.